The molecule has 0 amide bonds. The van der Waals surface area contributed by atoms with Crippen molar-refractivity contribution in [1.82, 2.24) is 0 Å². The van der Waals surface area contributed by atoms with Crippen LogP contribution in [0.5, 0.6) is 0 Å². The predicted molar refractivity (Wildman–Crippen MR) is 67.2 cm³/mol. The molecule has 2 saturated carbocycles. The lowest BCUT2D eigenvalue weighted by atomic mass is 9.61. The molecule has 3 aliphatic rings. The largest absolute Gasteiger partial charge is 0.367 e. The SMILES string of the molecule is C=C1C2C(O)OCC3C2C(C(C)C)CCC13C. The highest BCUT2D eigenvalue weighted by Gasteiger charge is 2.62. The predicted octanol–water partition coefficient (Wildman–Crippen LogP) is 2.83. The van der Waals surface area contributed by atoms with Crippen LogP contribution in [0.1, 0.15) is 33.6 Å². The zero-order valence-electron chi connectivity index (χ0n) is 11.1. The van der Waals surface area contributed by atoms with Gasteiger partial charge in [-0.1, -0.05) is 32.9 Å². The standard InChI is InChI=1S/C15H24O2/c1-8(2)10-5-6-15(4)9(3)12-13(10)11(15)7-17-14(12)16/h8,10-14,16H,3,5-7H2,1-2,4H3. The van der Waals surface area contributed by atoms with Crippen LogP contribution >= 0.6 is 0 Å². The average Bonchev–Trinajstić information content (AvgIpc) is 2.35. The number of ether oxygens (including phenoxy) is 1. The third-order valence-electron chi connectivity index (χ3n) is 5.94. The van der Waals surface area contributed by atoms with Gasteiger partial charge in [0.15, 0.2) is 6.29 Å². The number of hydrogen-bond acceptors (Lipinski definition) is 2. The number of hydrogen-bond donors (Lipinski definition) is 1. The third-order valence-corrected chi connectivity index (χ3v) is 5.94. The van der Waals surface area contributed by atoms with Crippen LogP contribution in [-0.4, -0.2) is 18.0 Å². The zero-order valence-corrected chi connectivity index (χ0v) is 11.1. The van der Waals surface area contributed by atoms with Gasteiger partial charge in [-0.25, -0.2) is 0 Å². The van der Waals surface area contributed by atoms with Crippen molar-refractivity contribution in [1.29, 1.82) is 0 Å². The van der Waals surface area contributed by atoms with E-state index < -0.39 is 6.29 Å². The minimum Gasteiger partial charge on any atom is -0.367 e. The summed E-state index contributed by atoms with van der Waals surface area (Å²) in [5.41, 5.74) is 1.48. The second kappa shape index (κ2) is 3.58. The number of aliphatic hydroxyl groups is 1. The summed E-state index contributed by atoms with van der Waals surface area (Å²) in [4.78, 5) is 0. The molecule has 4 bridgehead atoms. The summed E-state index contributed by atoms with van der Waals surface area (Å²) in [6.45, 7) is 12.0. The van der Waals surface area contributed by atoms with E-state index in [4.69, 9.17) is 4.74 Å². The van der Waals surface area contributed by atoms with Crippen LogP contribution in [0.4, 0.5) is 0 Å². The lowest BCUT2D eigenvalue weighted by molar-refractivity contribution is -0.193. The molecular weight excluding hydrogens is 212 g/mol. The van der Waals surface area contributed by atoms with Crippen LogP contribution < -0.4 is 0 Å². The van der Waals surface area contributed by atoms with Gasteiger partial charge in [-0.05, 0) is 41.9 Å². The van der Waals surface area contributed by atoms with Gasteiger partial charge < -0.3 is 9.84 Å². The summed E-state index contributed by atoms with van der Waals surface area (Å²) < 4.78 is 5.56. The molecule has 17 heavy (non-hydrogen) atoms. The van der Waals surface area contributed by atoms with Crippen molar-refractivity contribution in [2.75, 3.05) is 6.61 Å². The van der Waals surface area contributed by atoms with Crippen molar-refractivity contribution < 1.29 is 9.84 Å². The minimum absolute atomic E-state index is 0.189. The summed E-state index contributed by atoms with van der Waals surface area (Å²) in [6.07, 6.45) is 1.91. The number of aliphatic hydroxyl groups excluding tert-OH is 1. The highest BCUT2D eigenvalue weighted by Crippen LogP contribution is 2.66. The van der Waals surface area contributed by atoms with Gasteiger partial charge in [0.25, 0.3) is 0 Å². The lowest BCUT2D eigenvalue weighted by Crippen LogP contribution is -2.46. The molecule has 3 rings (SSSR count). The van der Waals surface area contributed by atoms with E-state index in [0.29, 0.717) is 17.8 Å². The molecule has 0 radical (unpaired) electrons. The molecule has 2 nitrogen and oxygen atoms in total. The summed E-state index contributed by atoms with van der Waals surface area (Å²) >= 11 is 0. The third kappa shape index (κ3) is 1.34. The zero-order chi connectivity index (χ0) is 12.4. The van der Waals surface area contributed by atoms with E-state index in [9.17, 15) is 5.11 Å². The van der Waals surface area contributed by atoms with E-state index in [1.807, 2.05) is 0 Å². The molecule has 0 spiro atoms. The smallest absolute Gasteiger partial charge is 0.161 e. The Kier molecular flexibility index (Phi) is 2.47. The van der Waals surface area contributed by atoms with Gasteiger partial charge >= 0.3 is 0 Å². The Morgan fingerprint density at radius 3 is 2.82 bits per heavy atom. The van der Waals surface area contributed by atoms with E-state index in [1.165, 1.54) is 18.4 Å². The second-order valence-corrected chi connectivity index (χ2v) is 6.82. The Hall–Kier alpha value is -0.340. The average molecular weight is 236 g/mol. The molecule has 0 aromatic heterocycles. The Morgan fingerprint density at radius 1 is 1.47 bits per heavy atom. The first-order valence-corrected chi connectivity index (χ1v) is 6.95. The van der Waals surface area contributed by atoms with Crippen molar-refractivity contribution in [2.24, 2.45) is 35.0 Å². The fourth-order valence-electron chi connectivity index (χ4n) is 4.84. The fourth-order valence-corrected chi connectivity index (χ4v) is 4.84. The molecule has 2 heteroatoms. The normalized spacial score (nSPS) is 53.2. The highest BCUT2D eigenvalue weighted by molar-refractivity contribution is 5.28. The van der Waals surface area contributed by atoms with E-state index in [2.05, 4.69) is 27.4 Å². The molecule has 2 aliphatic carbocycles. The van der Waals surface area contributed by atoms with Crippen LogP contribution in [-0.2, 0) is 4.74 Å². The lowest BCUT2D eigenvalue weighted by Gasteiger charge is -2.46. The molecule has 1 aliphatic heterocycles. The molecule has 6 atom stereocenters. The van der Waals surface area contributed by atoms with E-state index in [-0.39, 0.29) is 11.3 Å². The molecule has 1 saturated heterocycles. The van der Waals surface area contributed by atoms with Gasteiger partial charge in [0.05, 0.1) is 6.61 Å². The van der Waals surface area contributed by atoms with E-state index in [1.54, 1.807) is 0 Å². The molecule has 1 heterocycles. The van der Waals surface area contributed by atoms with Crippen molar-refractivity contribution in [2.45, 2.75) is 39.9 Å². The van der Waals surface area contributed by atoms with Crippen molar-refractivity contribution in [3.8, 4) is 0 Å². The minimum atomic E-state index is -0.607. The maximum absolute atomic E-state index is 10.1. The first kappa shape index (κ1) is 11.7. The monoisotopic (exact) mass is 236 g/mol. The molecule has 0 aromatic rings. The van der Waals surface area contributed by atoms with Gasteiger partial charge in [0.2, 0.25) is 0 Å². The molecule has 3 fully saturated rings. The summed E-state index contributed by atoms with van der Waals surface area (Å²) in [5, 5.41) is 10.1. The van der Waals surface area contributed by atoms with Gasteiger partial charge in [-0.15, -0.1) is 0 Å². The van der Waals surface area contributed by atoms with Gasteiger partial charge in [-0.3, -0.25) is 0 Å². The van der Waals surface area contributed by atoms with Gasteiger partial charge in [0, 0.05) is 5.92 Å². The fraction of sp³-hybridized carbons (Fsp3) is 0.867. The van der Waals surface area contributed by atoms with Crippen molar-refractivity contribution >= 4 is 0 Å². The number of rotatable bonds is 1. The van der Waals surface area contributed by atoms with E-state index >= 15 is 0 Å². The topological polar surface area (TPSA) is 29.5 Å². The van der Waals surface area contributed by atoms with Crippen LogP contribution in [0.3, 0.4) is 0 Å². The molecule has 6 unspecified atom stereocenters. The highest BCUT2D eigenvalue weighted by atomic mass is 16.6. The van der Waals surface area contributed by atoms with Crippen molar-refractivity contribution in [3.63, 3.8) is 0 Å². The summed E-state index contributed by atoms with van der Waals surface area (Å²) in [5.74, 6) is 2.81. The summed E-state index contributed by atoms with van der Waals surface area (Å²) in [6, 6.07) is 0. The molecule has 0 aromatic carbocycles. The molecule has 1 N–H and O–H groups in total. The first-order chi connectivity index (χ1) is 7.97. The Morgan fingerprint density at radius 2 is 2.18 bits per heavy atom. The maximum Gasteiger partial charge on any atom is 0.161 e. The quantitative estimate of drug-likeness (QED) is 0.709. The first-order valence-electron chi connectivity index (χ1n) is 6.95. The van der Waals surface area contributed by atoms with Crippen LogP contribution in [0, 0.1) is 35.0 Å². The van der Waals surface area contributed by atoms with Crippen molar-refractivity contribution in [3.05, 3.63) is 12.2 Å². The van der Waals surface area contributed by atoms with Crippen LogP contribution in [0.2, 0.25) is 0 Å². The molecule has 96 valence electrons. The molecular formula is C15H24O2. The van der Waals surface area contributed by atoms with Crippen LogP contribution in [0.15, 0.2) is 12.2 Å². The second-order valence-electron chi connectivity index (χ2n) is 6.82. The van der Waals surface area contributed by atoms with Gasteiger partial charge in [-0.2, -0.15) is 0 Å². The Labute approximate surface area is 104 Å². The maximum atomic E-state index is 10.1. The Bertz CT molecular complexity index is 349. The van der Waals surface area contributed by atoms with Gasteiger partial charge in [0.1, 0.15) is 0 Å². The van der Waals surface area contributed by atoms with Crippen LogP contribution in [0.25, 0.3) is 0 Å². The Balaban J connectivity index is 2.03. The summed E-state index contributed by atoms with van der Waals surface area (Å²) in [7, 11) is 0. The van der Waals surface area contributed by atoms with E-state index in [0.717, 1.165) is 12.5 Å².